The van der Waals surface area contributed by atoms with Gasteiger partial charge in [-0.15, -0.1) is 0 Å². The van der Waals surface area contributed by atoms with E-state index in [1.807, 2.05) is 0 Å². The molecule has 140 valence electrons. The molecule has 0 amide bonds. The minimum absolute atomic E-state index is 0.00646. The largest absolute Gasteiger partial charge is 0.497 e. The van der Waals surface area contributed by atoms with Crippen LogP contribution >= 0.6 is 0 Å². The van der Waals surface area contributed by atoms with Gasteiger partial charge in [-0.1, -0.05) is 0 Å². The highest BCUT2D eigenvalue weighted by molar-refractivity contribution is 5.82. The summed E-state index contributed by atoms with van der Waals surface area (Å²) in [7, 11) is 1.54. The fourth-order valence-electron chi connectivity index (χ4n) is 2.40. The number of nitrogen functional groups attached to an aromatic ring is 1. The lowest BCUT2D eigenvalue weighted by atomic mass is 10.1. The van der Waals surface area contributed by atoms with Gasteiger partial charge in [-0.25, -0.2) is 14.4 Å². The van der Waals surface area contributed by atoms with Crippen molar-refractivity contribution in [3.05, 3.63) is 60.2 Å². The van der Waals surface area contributed by atoms with E-state index < -0.39 is 17.6 Å². The van der Waals surface area contributed by atoms with Crippen molar-refractivity contribution in [2.45, 2.75) is 6.18 Å². The number of alkyl halides is 3. The second-order valence-corrected chi connectivity index (χ2v) is 5.53. The van der Waals surface area contributed by atoms with Gasteiger partial charge < -0.3 is 15.8 Å². The number of rotatable bonds is 4. The third-order valence-electron chi connectivity index (χ3n) is 3.79. The van der Waals surface area contributed by atoms with Crippen LogP contribution < -0.4 is 15.8 Å². The predicted molar refractivity (Wildman–Crippen MR) is 93.1 cm³/mol. The molecule has 2 aromatic carbocycles. The third-order valence-corrected chi connectivity index (χ3v) is 3.79. The molecule has 0 saturated carbocycles. The van der Waals surface area contributed by atoms with E-state index in [1.165, 1.54) is 7.11 Å². The zero-order valence-corrected chi connectivity index (χ0v) is 14.0. The van der Waals surface area contributed by atoms with Gasteiger partial charge in [-0.2, -0.15) is 13.2 Å². The van der Waals surface area contributed by atoms with Gasteiger partial charge in [0.1, 0.15) is 29.3 Å². The van der Waals surface area contributed by atoms with Crippen molar-refractivity contribution in [1.29, 1.82) is 0 Å². The minimum atomic E-state index is -4.64. The highest BCUT2D eigenvalue weighted by Gasteiger charge is 2.31. The topological polar surface area (TPSA) is 73.1 Å². The number of methoxy groups -OCH3 is 1. The normalized spacial score (nSPS) is 11.3. The molecule has 0 spiro atoms. The summed E-state index contributed by atoms with van der Waals surface area (Å²) < 4.78 is 57.4. The Bertz CT molecular complexity index is 959. The number of aromatic nitrogens is 2. The summed E-state index contributed by atoms with van der Waals surface area (Å²) in [4.78, 5) is 7.92. The highest BCUT2D eigenvalue weighted by atomic mass is 19.4. The van der Waals surface area contributed by atoms with E-state index in [1.54, 1.807) is 24.3 Å². The van der Waals surface area contributed by atoms with E-state index in [0.717, 1.165) is 18.5 Å². The lowest BCUT2D eigenvalue weighted by molar-refractivity contribution is -0.137. The van der Waals surface area contributed by atoms with Crippen molar-refractivity contribution in [3.63, 3.8) is 0 Å². The number of nitrogens with two attached hydrogens (primary N) is 1. The Kier molecular flexibility index (Phi) is 4.85. The van der Waals surface area contributed by atoms with Crippen LogP contribution in [0, 0.1) is 5.82 Å². The van der Waals surface area contributed by atoms with Crippen LogP contribution in [0.2, 0.25) is 0 Å². The number of nitrogens with zero attached hydrogens (tertiary/aromatic N) is 2. The summed E-state index contributed by atoms with van der Waals surface area (Å²) in [6.45, 7) is 0. The molecule has 27 heavy (non-hydrogen) atoms. The van der Waals surface area contributed by atoms with Crippen LogP contribution in [0.4, 0.5) is 34.8 Å². The van der Waals surface area contributed by atoms with E-state index >= 15 is 0 Å². The Morgan fingerprint density at radius 2 is 1.74 bits per heavy atom. The fraction of sp³-hybridized carbons (Fsp3) is 0.111. The van der Waals surface area contributed by atoms with Crippen LogP contribution in [0.15, 0.2) is 48.8 Å². The molecule has 9 heteroatoms. The zero-order valence-electron chi connectivity index (χ0n) is 14.0. The second-order valence-electron chi connectivity index (χ2n) is 5.53. The van der Waals surface area contributed by atoms with Crippen LogP contribution in [0.3, 0.4) is 0 Å². The summed E-state index contributed by atoms with van der Waals surface area (Å²) in [5, 5.41) is 2.95. The molecule has 0 bridgehead atoms. The van der Waals surface area contributed by atoms with E-state index in [-0.39, 0.29) is 22.8 Å². The molecular weight excluding hydrogens is 364 g/mol. The highest BCUT2D eigenvalue weighted by Crippen LogP contribution is 2.35. The molecule has 1 aromatic heterocycles. The number of hydrogen-bond donors (Lipinski definition) is 2. The number of hydrogen-bond acceptors (Lipinski definition) is 5. The average molecular weight is 378 g/mol. The molecule has 0 aliphatic rings. The minimum Gasteiger partial charge on any atom is -0.497 e. The number of halogens is 4. The quantitative estimate of drug-likeness (QED) is 0.648. The molecule has 0 saturated heterocycles. The van der Waals surface area contributed by atoms with Crippen LogP contribution in [0.25, 0.3) is 11.3 Å². The molecule has 3 aromatic rings. The third kappa shape index (κ3) is 3.91. The molecular formula is C18H14F4N4O. The van der Waals surface area contributed by atoms with Gasteiger partial charge in [0, 0.05) is 11.3 Å². The van der Waals surface area contributed by atoms with Crippen molar-refractivity contribution in [2.24, 2.45) is 0 Å². The molecule has 1 heterocycles. The smallest absolute Gasteiger partial charge is 0.416 e. The average Bonchev–Trinajstić information content (AvgIpc) is 2.63. The Morgan fingerprint density at radius 1 is 1.04 bits per heavy atom. The first-order valence-electron chi connectivity index (χ1n) is 7.68. The van der Waals surface area contributed by atoms with E-state index in [9.17, 15) is 17.6 Å². The van der Waals surface area contributed by atoms with E-state index in [0.29, 0.717) is 17.5 Å². The molecule has 0 atom stereocenters. The van der Waals surface area contributed by atoms with Crippen LogP contribution in [-0.4, -0.2) is 17.1 Å². The first-order chi connectivity index (χ1) is 12.8. The number of anilines is 3. The summed E-state index contributed by atoms with van der Waals surface area (Å²) in [6, 6.07) is 9.06. The van der Waals surface area contributed by atoms with Crippen molar-refractivity contribution < 1.29 is 22.3 Å². The Balaban J connectivity index is 1.95. The van der Waals surface area contributed by atoms with Gasteiger partial charge in [-0.05, 0) is 42.5 Å². The molecule has 0 aliphatic heterocycles. The Morgan fingerprint density at radius 3 is 2.33 bits per heavy atom. The first kappa shape index (κ1) is 18.4. The number of nitrogens with one attached hydrogen (secondary N) is 1. The predicted octanol–water partition coefficient (Wildman–Crippen LogP) is 4.64. The second kappa shape index (κ2) is 7.10. The molecule has 3 rings (SSSR count). The maximum absolute atomic E-state index is 14.2. The van der Waals surface area contributed by atoms with Crippen molar-refractivity contribution in [1.82, 2.24) is 9.97 Å². The van der Waals surface area contributed by atoms with Gasteiger partial charge in [0.2, 0.25) is 0 Å². The van der Waals surface area contributed by atoms with Crippen LogP contribution in [-0.2, 0) is 6.18 Å². The van der Waals surface area contributed by atoms with E-state index in [4.69, 9.17) is 10.5 Å². The van der Waals surface area contributed by atoms with Gasteiger partial charge in [-0.3, -0.25) is 0 Å². The molecule has 5 nitrogen and oxygen atoms in total. The van der Waals surface area contributed by atoms with Crippen LogP contribution in [0.5, 0.6) is 5.75 Å². The van der Waals surface area contributed by atoms with Gasteiger partial charge in [0.15, 0.2) is 5.82 Å². The van der Waals surface area contributed by atoms with Crippen molar-refractivity contribution >= 4 is 17.2 Å². The number of benzene rings is 2. The number of ether oxygens (including phenoxy) is 1. The molecule has 0 radical (unpaired) electrons. The summed E-state index contributed by atoms with van der Waals surface area (Å²) in [5.74, 6) is -0.223. The van der Waals surface area contributed by atoms with Gasteiger partial charge >= 0.3 is 6.18 Å². The lowest BCUT2D eigenvalue weighted by Gasteiger charge is -2.13. The molecule has 3 N–H and O–H groups in total. The molecule has 0 aliphatic carbocycles. The van der Waals surface area contributed by atoms with Crippen molar-refractivity contribution in [3.8, 4) is 17.0 Å². The summed E-state index contributed by atoms with van der Waals surface area (Å²) in [6.07, 6.45) is -3.49. The maximum atomic E-state index is 14.2. The zero-order chi connectivity index (χ0) is 19.6. The lowest BCUT2D eigenvalue weighted by Crippen LogP contribution is -2.07. The Labute approximate surface area is 151 Å². The summed E-state index contributed by atoms with van der Waals surface area (Å²) >= 11 is 0. The Hall–Kier alpha value is -3.36. The van der Waals surface area contributed by atoms with Crippen LogP contribution in [0.1, 0.15) is 5.56 Å². The molecule has 0 unspecified atom stereocenters. The van der Waals surface area contributed by atoms with E-state index in [2.05, 4.69) is 15.3 Å². The van der Waals surface area contributed by atoms with Gasteiger partial charge in [0.05, 0.1) is 12.7 Å². The summed E-state index contributed by atoms with van der Waals surface area (Å²) in [5.41, 5.74) is 5.41. The first-order valence-corrected chi connectivity index (χ1v) is 7.68. The standard InChI is InChI=1S/C18H14F4N4O/c1-27-12-5-3-11(4-6-12)26-17-15(23)16(24-9-25-17)13-7-2-10(8-14(13)19)18(20,21)22/h2-9H,23H2,1H3,(H,24,25,26). The van der Waals surface area contributed by atoms with Crippen molar-refractivity contribution in [2.75, 3.05) is 18.2 Å². The molecule has 0 fully saturated rings. The SMILES string of the molecule is COc1ccc(Nc2ncnc(-c3ccc(C(F)(F)F)cc3F)c2N)cc1. The maximum Gasteiger partial charge on any atom is 0.416 e. The fourth-order valence-corrected chi connectivity index (χ4v) is 2.40. The monoisotopic (exact) mass is 378 g/mol. The van der Waals surface area contributed by atoms with Gasteiger partial charge in [0.25, 0.3) is 0 Å².